The minimum absolute atomic E-state index is 0.118. The molecule has 5 nitrogen and oxygen atoms in total. The minimum Gasteiger partial charge on any atom is -0.497 e. The van der Waals surface area contributed by atoms with Crippen LogP contribution < -0.4 is 9.47 Å². The Labute approximate surface area is 199 Å². The molecule has 1 aliphatic heterocycles. The van der Waals surface area contributed by atoms with Crippen LogP contribution in [0.2, 0.25) is 0 Å². The molecule has 172 valence electrons. The number of ether oxygens (including phenoxy) is 2. The monoisotopic (exact) mass is 453 g/mol. The van der Waals surface area contributed by atoms with E-state index < -0.39 is 11.8 Å². The molecular formula is C29H27NO4. The first-order valence-electron chi connectivity index (χ1n) is 11.6. The Morgan fingerprint density at radius 3 is 1.62 bits per heavy atom. The van der Waals surface area contributed by atoms with Crippen molar-refractivity contribution in [3.63, 3.8) is 0 Å². The average Bonchev–Trinajstić information content (AvgIpc) is 3.15. The van der Waals surface area contributed by atoms with Gasteiger partial charge in [-0.15, -0.1) is 0 Å². The van der Waals surface area contributed by atoms with Gasteiger partial charge in [0.15, 0.2) is 0 Å². The van der Waals surface area contributed by atoms with Crippen molar-refractivity contribution < 1.29 is 19.1 Å². The number of rotatable bonds is 7. The standard InChI is InChI=1S/C29H27NO4/c1-33-22-12-14-23(15-13-22)34-19-18-30-28(31)26-24(20-8-4-2-5-9-20)16-17-25(27(26)29(30)32)21-10-6-3-7-11-21/h2-17,24-27H,18-19H2,1H3. The molecule has 2 aliphatic rings. The zero-order valence-electron chi connectivity index (χ0n) is 19.0. The Kier molecular flexibility index (Phi) is 6.17. The number of carbonyl (C=O) groups is 2. The number of benzene rings is 3. The van der Waals surface area contributed by atoms with E-state index in [1.54, 1.807) is 7.11 Å². The molecule has 1 saturated heterocycles. The fourth-order valence-corrected chi connectivity index (χ4v) is 5.14. The van der Waals surface area contributed by atoms with Gasteiger partial charge in [-0.1, -0.05) is 72.8 Å². The molecule has 2 amide bonds. The summed E-state index contributed by atoms with van der Waals surface area (Å²) in [6, 6.07) is 27.2. The van der Waals surface area contributed by atoms with Crippen molar-refractivity contribution in [1.29, 1.82) is 0 Å². The second kappa shape index (κ2) is 9.56. The summed E-state index contributed by atoms with van der Waals surface area (Å²) in [4.78, 5) is 28.7. The first-order valence-corrected chi connectivity index (χ1v) is 11.6. The SMILES string of the molecule is COc1ccc(OCCN2C(=O)C3C(c4ccccc4)C=CC(c4ccccc4)C3C2=O)cc1. The van der Waals surface area contributed by atoms with Gasteiger partial charge >= 0.3 is 0 Å². The van der Waals surface area contributed by atoms with Crippen LogP contribution in [0.1, 0.15) is 23.0 Å². The number of carbonyl (C=O) groups excluding carboxylic acids is 2. The molecule has 1 heterocycles. The lowest BCUT2D eigenvalue weighted by molar-refractivity contribution is -0.140. The van der Waals surface area contributed by atoms with E-state index in [1.165, 1.54) is 4.90 Å². The van der Waals surface area contributed by atoms with Crippen molar-refractivity contribution in [3.05, 3.63) is 108 Å². The van der Waals surface area contributed by atoms with Crippen molar-refractivity contribution >= 4 is 11.8 Å². The summed E-state index contributed by atoms with van der Waals surface area (Å²) >= 11 is 0. The molecule has 1 aliphatic carbocycles. The van der Waals surface area contributed by atoms with Crippen LogP contribution in [0, 0.1) is 11.8 Å². The fraction of sp³-hybridized carbons (Fsp3) is 0.241. The predicted octanol–water partition coefficient (Wildman–Crippen LogP) is 4.81. The Bertz CT molecular complexity index is 1110. The van der Waals surface area contributed by atoms with Crippen molar-refractivity contribution in [2.24, 2.45) is 11.8 Å². The van der Waals surface area contributed by atoms with Gasteiger partial charge in [-0.05, 0) is 35.4 Å². The normalized spacial score (nSPS) is 23.6. The number of hydrogen-bond donors (Lipinski definition) is 0. The molecule has 0 spiro atoms. The van der Waals surface area contributed by atoms with Crippen molar-refractivity contribution in [3.8, 4) is 11.5 Å². The summed E-state index contributed by atoms with van der Waals surface area (Å²) in [5, 5.41) is 0. The summed E-state index contributed by atoms with van der Waals surface area (Å²) < 4.78 is 11.0. The Morgan fingerprint density at radius 1 is 0.676 bits per heavy atom. The van der Waals surface area contributed by atoms with E-state index in [4.69, 9.17) is 9.47 Å². The van der Waals surface area contributed by atoms with Crippen molar-refractivity contribution in [2.45, 2.75) is 11.8 Å². The Hall–Kier alpha value is -3.86. The van der Waals surface area contributed by atoms with Crippen LogP contribution >= 0.6 is 0 Å². The van der Waals surface area contributed by atoms with Gasteiger partial charge < -0.3 is 9.47 Å². The van der Waals surface area contributed by atoms with E-state index in [0.717, 1.165) is 16.9 Å². The highest BCUT2D eigenvalue weighted by molar-refractivity contribution is 6.06. The van der Waals surface area contributed by atoms with E-state index >= 15 is 0 Å². The van der Waals surface area contributed by atoms with Crippen LogP contribution in [-0.2, 0) is 9.59 Å². The zero-order chi connectivity index (χ0) is 23.5. The second-order valence-electron chi connectivity index (χ2n) is 8.66. The smallest absolute Gasteiger partial charge is 0.234 e. The molecule has 4 unspecified atom stereocenters. The summed E-state index contributed by atoms with van der Waals surface area (Å²) in [6.07, 6.45) is 4.22. The topological polar surface area (TPSA) is 55.8 Å². The molecule has 0 radical (unpaired) electrons. The van der Waals surface area contributed by atoms with E-state index in [-0.39, 0.29) is 36.8 Å². The molecule has 5 heteroatoms. The highest BCUT2D eigenvalue weighted by Crippen LogP contribution is 2.49. The predicted molar refractivity (Wildman–Crippen MR) is 130 cm³/mol. The highest BCUT2D eigenvalue weighted by atomic mass is 16.5. The molecule has 0 bridgehead atoms. The largest absolute Gasteiger partial charge is 0.497 e. The van der Waals surface area contributed by atoms with Crippen LogP contribution in [-0.4, -0.2) is 37.0 Å². The lowest BCUT2D eigenvalue weighted by Gasteiger charge is -2.32. The number of methoxy groups -OCH3 is 1. The molecule has 0 N–H and O–H groups in total. The van der Waals surface area contributed by atoms with Crippen molar-refractivity contribution in [2.75, 3.05) is 20.3 Å². The van der Waals surface area contributed by atoms with E-state index in [1.807, 2.05) is 84.9 Å². The van der Waals surface area contributed by atoms with Crippen LogP contribution in [0.5, 0.6) is 11.5 Å². The molecule has 1 fully saturated rings. The maximum absolute atomic E-state index is 13.6. The van der Waals surface area contributed by atoms with Crippen LogP contribution in [0.4, 0.5) is 0 Å². The first-order chi connectivity index (χ1) is 16.7. The Morgan fingerprint density at radius 2 is 1.15 bits per heavy atom. The van der Waals surface area contributed by atoms with Gasteiger partial charge in [0.25, 0.3) is 0 Å². The average molecular weight is 454 g/mol. The minimum atomic E-state index is -0.425. The number of imide groups is 1. The summed E-state index contributed by atoms with van der Waals surface area (Å²) in [5.41, 5.74) is 2.11. The maximum atomic E-state index is 13.6. The third-order valence-corrected chi connectivity index (χ3v) is 6.80. The maximum Gasteiger partial charge on any atom is 0.234 e. The van der Waals surface area contributed by atoms with Gasteiger partial charge in [-0.25, -0.2) is 0 Å². The first kappa shape index (κ1) is 22.0. The molecule has 3 aromatic carbocycles. The third-order valence-electron chi connectivity index (χ3n) is 6.80. The number of likely N-dealkylation sites (tertiary alicyclic amines) is 1. The quantitative estimate of drug-likeness (QED) is 0.381. The van der Waals surface area contributed by atoms with Crippen LogP contribution in [0.3, 0.4) is 0 Å². The van der Waals surface area contributed by atoms with Gasteiger partial charge in [-0.2, -0.15) is 0 Å². The van der Waals surface area contributed by atoms with Gasteiger partial charge in [0.2, 0.25) is 11.8 Å². The lowest BCUT2D eigenvalue weighted by atomic mass is 9.68. The molecule has 4 atom stereocenters. The number of allylic oxidation sites excluding steroid dienone is 2. The molecular weight excluding hydrogens is 426 g/mol. The van der Waals surface area contributed by atoms with E-state index in [9.17, 15) is 9.59 Å². The van der Waals surface area contributed by atoms with Gasteiger partial charge in [0, 0.05) is 11.8 Å². The van der Waals surface area contributed by atoms with Gasteiger partial charge in [-0.3, -0.25) is 14.5 Å². The van der Waals surface area contributed by atoms with E-state index in [2.05, 4.69) is 12.2 Å². The number of amides is 2. The van der Waals surface area contributed by atoms with Gasteiger partial charge in [0.1, 0.15) is 18.1 Å². The fourth-order valence-electron chi connectivity index (χ4n) is 5.14. The Balaban J connectivity index is 1.39. The zero-order valence-corrected chi connectivity index (χ0v) is 19.0. The summed E-state index contributed by atoms with van der Waals surface area (Å²) in [5.74, 6) is 0.0680. The number of fused-ring (bicyclic) bond motifs is 1. The number of hydrogen-bond acceptors (Lipinski definition) is 4. The highest BCUT2D eigenvalue weighted by Gasteiger charge is 2.54. The summed E-state index contributed by atoms with van der Waals surface area (Å²) in [7, 11) is 1.61. The molecule has 3 aromatic rings. The summed E-state index contributed by atoms with van der Waals surface area (Å²) in [6.45, 7) is 0.461. The molecule has 34 heavy (non-hydrogen) atoms. The van der Waals surface area contributed by atoms with Crippen LogP contribution in [0.25, 0.3) is 0 Å². The molecule has 5 rings (SSSR count). The lowest BCUT2D eigenvalue weighted by Crippen LogP contribution is -2.35. The third kappa shape index (κ3) is 4.10. The van der Waals surface area contributed by atoms with Gasteiger partial charge in [0.05, 0.1) is 25.5 Å². The van der Waals surface area contributed by atoms with E-state index in [0.29, 0.717) is 5.75 Å². The van der Waals surface area contributed by atoms with Crippen molar-refractivity contribution in [1.82, 2.24) is 4.90 Å². The van der Waals surface area contributed by atoms with Crippen LogP contribution in [0.15, 0.2) is 97.1 Å². The molecule has 0 aromatic heterocycles. The number of nitrogens with zero attached hydrogens (tertiary/aromatic N) is 1. The molecule has 0 saturated carbocycles. The second-order valence-corrected chi connectivity index (χ2v) is 8.66.